The van der Waals surface area contributed by atoms with Crippen molar-refractivity contribution < 1.29 is 33.4 Å². The zero-order chi connectivity index (χ0) is 24.7. The van der Waals surface area contributed by atoms with Gasteiger partial charge in [-0.3, -0.25) is 19.2 Å². The van der Waals surface area contributed by atoms with Gasteiger partial charge in [-0.1, -0.05) is 20.3 Å². The van der Waals surface area contributed by atoms with E-state index in [1.807, 2.05) is 0 Å². The smallest absolute Gasteiger partial charge is 0.333 e. The Morgan fingerprint density at radius 2 is 1.64 bits per heavy atom. The van der Waals surface area contributed by atoms with Crippen LogP contribution < -0.4 is 0 Å². The largest absolute Gasteiger partial charge is 0.449 e. The van der Waals surface area contributed by atoms with Crippen LogP contribution in [0.2, 0.25) is 0 Å². The molecule has 3 amide bonds. The Morgan fingerprint density at radius 1 is 0.972 bits per heavy atom. The summed E-state index contributed by atoms with van der Waals surface area (Å²) in [5, 5.41) is 0. The average Bonchev–Trinajstić information content (AvgIpc) is 3.55. The van der Waals surface area contributed by atoms with Gasteiger partial charge < -0.3 is 24.2 Å². The highest BCUT2D eigenvalue weighted by Gasteiger charge is 2.56. The first-order valence-corrected chi connectivity index (χ1v) is 12.8. The van der Waals surface area contributed by atoms with Crippen LogP contribution in [0.25, 0.3) is 0 Å². The van der Waals surface area contributed by atoms with E-state index in [1.165, 1.54) is 16.9 Å². The van der Waals surface area contributed by atoms with E-state index in [0.29, 0.717) is 31.4 Å². The second kappa shape index (κ2) is 10.3. The van der Waals surface area contributed by atoms with Crippen LogP contribution in [0.1, 0.15) is 78.1 Å². The molecule has 0 spiro atoms. The van der Waals surface area contributed by atoms with Crippen LogP contribution in [0, 0.1) is 0 Å². The molecule has 0 aromatic rings. The van der Waals surface area contributed by atoms with Crippen molar-refractivity contribution in [2.45, 2.75) is 102 Å². The van der Waals surface area contributed by atoms with Gasteiger partial charge in [-0.2, -0.15) is 0 Å². The maximum absolute atomic E-state index is 13.7. The van der Waals surface area contributed by atoms with Crippen molar-refractivity contribution in [1.29, 1.82) is 0 Å². The molecule has 0 aromatic carbocycles. The molecule has 10 nitrogen and oxygen atoms in total. The number of amides is 3. The molecule has 3 heterocycles. The summed E-state index contributed by atoms with van der Waals surface area (Å²) in [4.78, 5) is 70.6. The molecule has 2 bridgehead atoms. The first-order chi connectivity index (χ1) is 16.9. The van der Waals surface area contributed by atoms with Gasteiger partial charge in [0.05, 0.1) is 11.7 Å². The molecule has 2 atom stereocenters. The summed E-state index contributed by atoms with van der Waals surface area (Å²) in [6, 6.07) is -1.14. The van der Waals surface area contributed by atoms with Crippen LogP contribution in [0.3, 0.4) is 0 Å². The van der Waals surface area contributed by atoms with Gasteiger partial charge in [0.2, 0.25) is 11.8 Å². The molecule has 198 valence electrons. The first kappa shape index (κ1) is 26.3. The highest BCUT2D eigenvalue weighted by molar-refractivity contribution is 6.40. The molecule has 10 heteroatoms. The molecule has 5 aliphatic rings. The standard InChI is InChI=1S/C25H33N3O7.CH4/c1-34-15-21(30)35-25(11-4-5-12-25)22(31)24(33)28-17-9-6-10-18(28)23(32)27-14-20(29)26(13-19(17)27)16-7-2-3-8-16;/h13,16-18H,2-12,14-15H2,1H3;1H4. The second-order valence-corrected chi connectivity index (χ2v) is 10.3. The molecule has 2 aliphatic carbocycles. The monoisotopic (exact) mass is 503 g/mol. The SMILES string of the molecule is C.COCC(=O)OC1(C(=O)C(=O)N2C3CCCC2C2=CN(C4CCCC4)C(=O)CN2C3=O)CCCC1. The number of rotatable bonds is 6. The third-order valence-corrected chi connectivity index (χ3v) is 8.23. The molecule has 4 fully saturated rings. The fourth-order valence-electron chi connectivity index (χ4n) is 6.55. The predicted octanol–water partition coefficient (Wildman–Crippen LogP) is 1.91. The Hall–Kier alpha value is -2.75. The lowest BCUT2D eigenvalue weighted by Gasteiger charge is -2.52. The number of piperidine rings is 1. The van der Waals surface area contributed by atoms with E-state index in [2.05, 4.69) is 0 Å². The van der Waals surface area contributed by atoms with E-state index < -0.39 is 35.3 Å². The van der Waals surface area contributed by atoms with E-state index >= 15 is 0 Å². The van der Waals surface area contributed by atoms with Crippen LogP contribution >= 0.6 is 0 Å². The highest BCUT2D eigenvalue weighted by atomic mass is 16.6. The van der Waals surface area contributed by atoms with Gasteiger partial charge in [-0.25, -0.2) is 4.79 Å². The van der Waals surface area contributed by atoms with Crippen LogP contribution in [-0.4, -0.2) is 88.2 Å². The Morgan fingerprint density at radius 3 is 2.31 bits per heavy atom. The minimum Gasteiger partial charge on any atom is -0.449 e. The van der Waals surface area contributed by atoms with Crippen LogP contribution in [-0.2, 0) is 33.4 Å². The summed E-state index contributed by atoms with van der Waals surface area (Å²) in [7, 11) is 1.36. The molecule has 3 aliphatic heterocycles. The topological polar surface area (TPSA) is 114 Å². The molecule has 36 heavy (non-hydrogen) atoms. The van der Waals surface area contributed by atoms with Crippen molar-refractivity contribution in [2.24, 2.45) is 0 Å². The second-order valence-electron chi connectivity index (χ2n) is 10.3. The Kier molecular flexibility index (Phi) is 7.54. The zero-order valence-corrected chi connectivity index (χ0v) is 20.2. The van der Waals surface area contributed by atoms with E-state index in [1.54, 1.807) is 11.1 Å². The lowest BCUT2D eigenvalue weighted by molar-refractivity contribution is -0.176. The third kappa shape index (κ3) is 4.33. The van der Waals surface area contributed by atoms with Crippen molar-refractivity contribution in [1.82, 2.24) is 14.7 Å². The fraction of sp³-hybridized carbons (Fsp3) is 0.731. The quantitative estimate of drug-likeness (QED) is 0.402. The molecular weight excluding hydrogens is 466 g/mol. The van der Waals surface area contributed by atoms with Crippen LogP contribution in [0.5, 0.6) is 0 Å². The van der Waals surface area contributed by atoms with Crippen molar-refractivity contribution in [3.05, 3.63) is 11.9 Å². The summed E-state index contributed by atoms with van der Waals surface area (Å²) in [6.45, 7) is -0.327. The molecule has 0 radical (unpaired) electrons. The predicted molar refractivity (Wildman–Crippen MR) is 128 cm³/mol. The molecule has 0 N–H and O–H groups in total. The molecule has 2 saturated heterocycles. The van der Waals surface area contributed by atoms with E-state index in [-0.39, 0.29) is 51.3 Å². The molecular formula is C26H37N3O7. The lowest BCUT2D eigenvalue weighted by atomic mass is 9.85. The number of hydrogen-bond donors (Lipinski definition) is 0. The van der Waals surface area contributed by atoms with Gasteiger partial charge in [0.15, 0.2) is 5.60 Å². The number of fused-ring (bicyclic) bond motifs is 4. The normalized spacial score (nSPS) is 27.4. The number of ketones is 1. The number of ether oxygens (including phenoxy) is 2. The van der Waals surface area contributed by atoms with Gasteiger partial charge in [0, 0.05) is 19.4 Å². The van der Waals surface area contributed by atoms with E-state index in [4.69, 9.17) is 9.47 Å². The Labute approximate surface area is 211 Å². The number of Topliss-reactive ketones (excluding diaryl/α,β-unsaturated/α-hetero) is 1. The van der Waals surface area contributed by atoms with Crippen LogP contribution in [0.15, 0.2) is 11.9 Å². The Balaban J connectivity index is 0.00000304. The number of methoxy groups -OCH3 is 1. The third-order valence-electron chi connectivity index (χ3n) is 8.23. The zero-order valence-electron chi connectivity index (χ0n) is 20.2. The highest BCUT2D eigenvalue weighted by Crippen LogP contribution is 2.41. The van der Waals surface area contributed by atoms with Crippen molar-refractivity contribution in [3.8, 4) is 0 Å². The summed E-state index contributed by atoms with van der Waals surface area (Å²) in [5.74, 6) is -2.64. The van der Waals surface area contributed by atoms with Gasteiger partial charge in [-0.05, 0) is 57.8 Å². The van der Waals surface area contributed by atoms with Gasteiger partial charge in [-0.15, -0.1) is 0 Å². The van der Waals surface area contributed by atoms with Crippen LogP contribution in [0.4, 0.5) is 0 Å². The van der Waals surface area contributed by atoms with E-state index in [9.17, 15) is 24.0 Å². The number of esters is 1. The maximum atomic E-state index is 13.7. The number of hydrogen-bond acceptors (Lipinski definition) is 7. The number of carbonyl (C=O) groups is 5. The minimum atomic E-state index is -1.51. The van der Waals surface area contributed by atoms with Crippen molar-refractivity contribution in [2.75, 3.05) is 20.3 Å². The van der Waals surface area contributed by atoms with Crippen molar-refractivity contribution in [3.63, 3.8) is 0 Å². The van der Waals surface area contributed by atoms with E-state index in [0.717, 1.165) is 32.1 Å². The summed E-state index contributed by atoms with van der Waals surface area (Å²) in [5.41, 5.74) is -0.885. The number of carbonyl (C=O) groups excluding carboxylic acids is 5. The number of piperazine rings is 1. The lowest BCUT2D eigenvalue weighted by Crippen LogP contribution is -2.68. The molecule has 2 saturated carbocycles. The molecule has 0 aromatic heterocycles. The molecule has 5 rings (SSSR count). The maximum Gasteiger partial charge on any atom is 0.333 e. The fourth-order valence-corrected chi connectivity index (χ4v) is 6.55. The minimum absolute atomic E-state index is 0. The summed E-state index contributed by atoms with van der Waals surface area (Å²) >= 11 is 0. The summed E-state index contributed by atoms with van der Waals surface area (Å²) in [6.07, 6.45) is 9.42. The Bertz CT molecular complexity index is 965. The molecule has 2 unspecified atom stereocenters. The summed E-state index contributed by atoms with van der Waals surface area (Å²) < 4.78 is 10.4. The van der Waals surface area contributed by atoms with Crippen molar-refractivity contribution >= 4 is 29.5 Å². The number of nitrogens with zero attached hydrogens (tertiary/aromatic N) is 3. The van der Waals surface area contributed by atoms with Gasteiger partial charge in [0.1, 0.15) is 19.2 Å². The van der Waals surface area contributed by atoms with Gasteiger partial charge >= 0.3 is 5.97 Å². The average molecular weight is 504 g/mol. The van der Waals surface area contributed by atoms with Gasteiger partial charge in [0.25, 0.3) is 11.7 Å². The first-order valence-electron chi connectivity index (χ1n) is 12.8.